The summed E-state index contributed by atoms with van der Waals surface area (Å²) in [7, 11) is 0. The van der Waals surface area contributed by atoms with Gasteiger partial charge in [-0.25, -0.2) is 0 Å². The summed E-state index contributed by atoms with van der Waals surface area (Å²) < 4.78 is 7.27. The number of rotatable bonds is 4. The molecule has 51 heavy (non-hydrogen) atoms. The second-order valence-corrected chi connectivity index (χ2v) is 13.4. The van der Waals surface area contributed by atoms with Gasteiger partial charge in [-0.15, -0.1) is 0 Å². The minimum Gasteiger partial charge on any atom is -0.309 e. The Kier molecular flexibility index (Phi) is 5.96. The molecule has 0 aliphatic carbocycles. The van der Waals surface area contributed by atoms with E-state index >= 15 is 0 Å². The van der Waals surface area contributed by atoms with E-state index in [9.17, 15) is 0 Å². The van der Waals surface area contributed by atoms with Crippen molar-refractivity contribution >= 4 is 65.4 Å². The Bertz CT molecular complexity index is 3070. The summed E-state index contributed by atoms with van der Waals surface area (Å²) in [5, 5.41) is 7.52. The van der Waals surface area contributed by atoms with Crippen LogP contribution in [0.2, 0.25) is 0 Å². The Morgan fingerprint density at radius 2 is 0.529 bits per heavy atom. The number of para-hydroxylation sites is 4. The summed E-state index contributed by atoms with van der Waals surface area (Å²) in [6.45, 7) is 0. The number of nitrogens with zero attached hydrogens (tertiary/aromatic N) is 3. The van der Waals surface area contributed by atoms with Crippen LogP contribution < -0.4 is 0 Å². The number of hydrogen-bond donors (Lipinski definition) is 0. The van der Waals surface area contributed by atoms with Gasteiger partial charge in [0.2, 0.25) is 0 Å². The van der Waals surface area contributed by atoms with Crippen molar-refractivity contribution in [3.63, 3.8) is 0 Å². The van der Waals surface area contributed by atoms with Crippen LogP contribution in [0.3, 0.4) is 0 Å². The fourth-order valence-corrected chi connectivity index (χ4v) is 8.39. The summed E-state index contributed by atoms with van der Waals surface area (Å²) in [5.74, 6) is 0. The van der Waals surface area contributed by atoms with Crippen molar-refractivity contribution < 1.29 is 0 Å². The second kappa shape index (κ2) is 10.8. The zero-order valence-electron chi connectivity index (χ0n) is 27.7. The first-order valence-corrected chi connectivity index (χ1v) is 17.5. The maximum absolute atomic E-state index is 2.45. The van der Waals surface area contributed by atoms with Gasteiger partial charge in [-0.05, 0) is 71.8 Å². The van der Waals surface area contributed by atoms with Gasteiger partial charge in [-0.2, -0.15) is 0 Å². The lowest BCUT2D eigenvalue weighted by Gasteiger charge is -2.13. The lowest BCUT2D eigenvalue weighted by Crippen LogP contribution is -1.98. The van der Waals surface area contributed by atoms with Crippen molar-refractivity contribution in [2.75, 3.05) is 0 Å². The van der Waals surface area contributed by atoms with Gasteiger partial charge in [0.05, 0.1) is 33.1 Å². The quantitative estimate of drug-likeness (QED) is 0.180. The van der Waals surface area contributed by atoms with Gasteiger partial charge >= 0.3 is 0 Å². The predicted molar refractivity (Wildman–Crippen MR) is 215 cm³/mol. The van der Waals surface area contributed by atoms with E-state index in [-0.39, 0.29) is 0 Å². The van der Waals surface area contributed by atoms with Crippen LogP contribution in [0.15, 0.2) is 188 Å². The van der Waals surface area contributed by atoms with E-state index in [4.69, 9.17) is 0 Å². The van der Waals surface area contributed by atoms with Crippen molar-refractivity contribution in [1.82, 2.24) is 13.7 Å². The summed E-state index contributed by atoms with van der Waals surface area (Å²) in [5.41, 5.74) is 13.1. The largest absolute Gasteiger partial charge is 0.309 e. The van der Waals surface area contributed by atoms with Gasteiger partial charge in [-0.1, -0.05) is 127 Å². The van der Waals surface area contributed by atoms with Gasteiger partial charge in [0.25, 0.3) is 0 Å². The molecule has 0 amide bonds. The van der Waals surface area contributed by atoms with E-state index in [2.05, 4.69) is 202 Å². The lowest BCUT2D eigenvalue weighted by molar-refractivity contribution is 1.14. The normalized spacial score (nSPS) is 11.9. The highest BCUT2D eigenvalue weighted by Gasteiger charge is 2.18. The molecule has 3 aromatic heterocycles. The fraction of sp³-hybridized carbons (Fsp3) is 0. The average molecular weight is 650 g/mol. The Hall–Kier alpha value is -6.84. The highest BCUT2D eigenvalue weighted by molar-refractivity contribution is 6.13. The molecule has 8 aromatic carbocycles. The fourth-order valence-electron chi connectivity index (χ4n) is 8.39. The van der Waals surface area contributed by atoms with Crippen LogP contribution in [0.4, 0.5) is 0 Å². The molecule has 0 atom stereocenters. The number of hydrogen-bond acceptors (Lipinski definition) is 0. The highest BCUT2D eigenvalue weighted by Crippen LogP contribution is 2.39. The molecule has 0 radical (unpaired) electrons. The van der Waals surface area contributed by atoms with Crippen LogP contribution in [0.25, 0.3) is 93.6 Å². The van der Waals surface area contributed by atoms with E-state index in [0.717, 1.165) is 17.1 Å². The van der Waals surface area contributed by atoms with Crippen LogP contribution in [-0.2, 0) is 0 Å². The van der Waals surface area contributed by atoms with Crippen LogP contribution in [0.1, 0.15) is 0 Å². The van der Waals surface area contributed by atoms with E-state index in [1.165, 1.54) is 76.5 Å². The molecule has 3 heterocycles. The standard InChI is InChI=1S/C48H31N3/c1-2-12-32(13-3-1)33-22-24-34(25-23-33)49-43-18-8-6-16-39(43)41-29-27-36(31-47(41)49)51-46-21-11-7-17-40(46)42-28-26-35(30-48(42)51)50-44-19-9-4-14-37(44)38-15-5-10-20-45(38)50/h1-31H. The molecular formula is C48H31N3. The molecule has 3 heteroatoms. The Morgan fingerprint density at radius 3 is 0.980 bits per heavy atom. The SMILES string of the molecule is c1ccc(-c2ccc(-n3c4ccccc4c4ccc(-n5c6ccccc6c6ccc(-n7c8ccccc8c8ccccc87)cc65)cc43)cc2)cc1. The molecule has 11 rings (SSSR count). The Balaban J connectivity index is 1.16. The van der Waals surface area contributed by atoms with Crippen LogP contribution in [-0.4, -0.2) is 13.7 Å². The summed E-state index contributed by atoms with van der Waals surface area (Å²) >= 11 is 0. The highest BCUT2D eigenvalue weighted by atomic mass is 15.0. The first-order chi connectivity index (χ1) is 25.3. The van der Waals surface area contributed by atoms with E-state index in [1.807, 2.05) is 0 Å². The first kappa shape index (κ1) is 28.0. The molecule has 11 aromatic rings. The zero-order valence-corrected chi connectivity index (χ0v) is 27.7. The molecule has 0 N–H and O–H groups in total. The minimum atomic E-state index is 1.14. The Labute approximate surface area is 294 Å². The zero-order chi connectivity index (χ0) is 33.5. The lowest BCUT2D eigenvalue weighted by atomic mass is 10.1. The predicted octanol–water partition coefficient (Wildman–Crippen LogP) is 12.6. The molecule has 0 spiro atoms. The van der Waals surface area contributed by atoms with Crippen molar-refractivity contribution in [3.05, 3.63) is 188 Å². The first-order valence-electron chi connectivity index (χ1n) is 17.5. The Morgan fingerprint density at radius 1 is 0.216 bits per heavy atom. The van der Waals surface area contributed by atoms with Gasteiger partial charge in [0, 0.05) is 49.4 Å². The summed E-state index contributed by atoms with van der Waals surface area (Å²) in [6, 6.07) is 68.5. The molecule has 0 bridgehead atoms. The van der Waals surface area contributed by atoms with Crippen LogP contribution in [0.5, 0.6) is 0 Å². The van der Waals surface area contributed by atoms with Gasteiger partial charge in [0.15, 0.2) is 0 Å². The van der Waals surface area contributed by atoms with E-state index in [1.54, 1.807) is 0 Å². The number of aromatic nitrogens is 3. The van der Waals surface area contributed by atoms with Gasteiger partial charge < -0.3 is 13.7 Å². The average Bonchev–Trinajstić information content (AvgIpc) is 3.83. The van der Waals surface area contributed by atoms with E-state index in [0.29, 0.717) is 0 Å². The molecule has 0 saturated carbocycles. The monoisotopic (exact) mass is 649 g/mol. The van der Waals surface area contributed by atoms with Crippen LogP contribution >= 0.6 is 0 Å². The van der Waals surface area contributed by atoms with Crippen molar-refractivity contribution in [1.29, 1.82) is 0 Å². The van der Waals surface area contributed by atoms with Crippen molar-refractivity contribution in [2.24, 2.45) is 0 Å². The molecule has 238 valence electrons. The minimum absolute atomic E-state index is 1.14. The van der Waals surface area contributed by atoms with Crippen molar-refractivity contribution in [3.8, 4) is 28.2 Å². The number of benzene rings is 8. The van der Waals surface area contributed by atoms with Gasteiger partial charge in [-0.3, -0.25) is 0 Å². The van der Waals surface area contributed by atoms with Gasteiger partial charge in [0.1, 0.15) is 0 Å². The third kappa shape index (κ3) is 4.12. The maximum atomic E-state index is 2.45. The molecular weight excluding hydrogens is 619 g/mol. The number of fused-ring (bicyclic) bond motifs is 9. The molecule has 0 saturated heterocycles. The molecule has 3 nitrogen and oxygen atoms in total. The third-order valence-electron chi connectivity index (χ3n) is 10.6. The topological polar surface area (TPSA) is 14.8 Å². The summed E-state index contributed by atoms with van der Waals surface area (Å²) in [4.78, 5) is 0. The van der Waals surface area contributed by atoms with Crippen LogP contribution in [0, 0.1) is 0 Å². The third-order valence-corrected chi connectivity index (χ3v) is 10.6. The molecule has 0 aliphatic rings. The molecule has 0 aliphatic heterocycles. The summed E-state index contributed by atoms with van der Waals surface area (Å²) in [6.07, 6.45) is 0. The smallest absolute Gasteiger partial charge is 0.0561 e. The molecule has 0 unspecified atom stereocenters. The van der Waals surface area contributed by atoms with Crippen molar-refractivity contribution in [2.45, 2.75) is 0 Å². The second-order valence-electron chi connectivity index (χ2n) is 13.4. The van der Waals surface area contributed by atoms with E-state index < -0.39 is 0 Å². The molecule has 0 fully saturated rings. The maximum Gasteiger partial charge on any atom is 0.0561 e.